The molecule has 0 aromatic heterocycles. The van der Waals surface area contributed by atoms with Gasteiger partial charge in [-0.15, -0.1) is 24.0 Å². The number of likely N-dealkylation sites (tertiary alicyclic amines) is 1. The van der Waals surface area contributed by atoms with Crippen molar-refractivity contribution in [3.05, 3.63) is 0 Å². The predicted octanol–water partition coefficient (Wildman–Crippen LogP) is 2.04. The van der Waals surface area contributed by atoms with Crippen LogP contribution in [0.1, 0.15) is 39.5 Å². The number of aliphatic imine (C=N–C) groups is 1. The van der Waals surface area contributed by atoms with Crippen LogP contribution in [0.5, 0.6) is 0 Å². The Morgan fingerprint density at radius 3 is 2.74 bits per heavy atom. The van der Waals surface area contributed by atoms with Crippen molar-refractivity contribution in [3.63, 3.8) is 0 Å². The third-order valence-electron chi connectivity index (χ3n) is 3.68. The van der Waals surface area contributed by atoms with Gasteiger partial charge >= 0.3 is 0 Å². The lowest BCUT2D eigenvalue weighted by Gasteiger charge is -2.33. The standard InChI is InChI=1S/C14H28N4.HI/c1-11(2)9-18-7-3-4-12(10-18)8-16-14(15)17-13-5-6-13;/h11-13H,3-10H2,1-2H3,(H3,15,16,17);1H. The van der Waals surface area contributed by atoms with E-state index >= 15 is 0 Å². The summed E-state index contributed by atoms with van der Waals surface area (Å²) < 4.78 is 0. The second kappa shape index (κ2) is 8.29. The van der Waals surface area contributed by atoms with Gasteiger partial charge in [-0.3, -0.25) is 4.99 Å². The number of hydrogen-bond acceptors (Lipinski definition) is 2. The van der Waals surface area contributed by atoms with Gasteiger partial charge in [0.05, 0.1) is 0 Å². The first-order valence-corrected chi connectivity index (χ1v) is 7.42. The maximum atomic E-state index is 5.87. The topological polar surface area (TPSA) is 53.6 Å². The summed E-state index contributed by atoms with van der Waals surface area (Å²) in [7, 11) is 0. The van der Waals surface area contributed by atoms with E-state index in [2.05, 4.69) is 29.1 Å². The SMILES string of the molecule is CC(C)CN1CCCC(CN=C(N)NC2CC2)C1.I. The quantitative estimate of drug-likeness (QED) is 0.436. The van der Waals surface area contributed by atoms with E-state index in [1.54, 1.807) is 0 Å². The van der Waals surface area contributed by atoms with Crippen LogP contribution in [0, 0.1) is 11.8 Å². The fourth-order valence-corrected chi connectivity index (χ4v) is 2.69. The highest BCUT2D eigenvalue weighted by atomic mass is 127. The van der Waals surface area contributed by atoms with Gasteiger partial charge in [0.2, 0.25) is 0 Å². The van der Waals surface area contributed by atoms with Gasteiger partial charge in [-0.1, -0.05) is 13.8 Å². The minimum atomic E-state index is 0. The Morgan fingerprint density at radius 1 is 1.37 bits per heavy atom. The zero-order valence-electron chi connectivity index (χ0n) is 12.3. The number of nitrogens with two attached hydrogens (primary N) is 1. The Kier molecular flexibility index (Phi) is 7.42. The molecule has 3 N–H and O–H groups in total. The minimum Gasteiger partial charge on any atom is -0.370 e. The predicted molar refractivity (Wildman–Crippen MR) is 92.1 cm³/mol. The number of rotatable bonds is 5. The zero-order valence-corrected chi connectivity index (χ0v) is 14.6. The molecule has 0 amide bonds. The smallest absolute Gasteiger partial charge is 0.188 e. The first-order chi connectivity index (χ1) is 8.63. The molecule has 1 atom stereocenters. The fraction of sp³-hybridized carbons (Fsp3) is 0.929. The van der Waals surface area contributed by atoms with Crippen LogP contribution >= 0.6 is 24.0 Å². The van der Waals surface area contributed by atoms with Crippen LogP contribution in [0.4, 0.5) is 0 Å². The van der Waals surface area contributed by atoms with Crippen molar-refractivity contribution in [3.8, 4) is 0 Å². The highest BCUT2D eigenvalue weighted by Gasteiger charge is 2.22. The van der Waals surface area contributed by atoms with Gasteiger partial charge in [-0.05, 0) is 44.1 Å². The molecule has 0 radical (unpaired) electrons. The average Bonchev–Trinajstić information content (AvgIpc) is 3.10. The van der Waals surface area contributed by atoms with Crippen molar-refractivity contribution in [1.82, 2.24) is 10.2 Å². The number of nitrogens with zero attached hydrogens (tertiary/aromatic N) is 2. The molecule has 1 aliphatic carbocycles. The molecular formula is C14H29IN4. The van der Waals surface area contributed by atoms with Crippen LogP contribution in [0.2, 0.25) is 0 Å². The van der Waals surface area contributed by atoms with E-state index in [1.165, 1.54) is 45.3 Å². The van der Waals surface area contributed by atoms with Gasteiger partial charge in [0.1, 0.15) is 0 Å². The molecule has 2 aliphatic rings. The Morgan fingerprint density at radius 2 is 2.11 bits per heavy atom. The molecule has 0 aromatic rings. The third kappa shape index (κ3) is 6.79. The molecule has 0 spiro atoms. The molecule has 4 nitrogen and oxygen atoms in total. The zero-order chi connectivity index (χ0) is 13.0. The molecule has 1 aliphatic heterocycles. The van der Waals surface area contributed by atoms with Gasteiger partial charge in [0.15, 0.2) is 5.96 Å². The summed E-state index contributed by atoms with van der Waals surface area (Å²) >= 11 is 0. The molecule has 112 valence electrons. The van der Waals surface area contributed by atoms with E-state index in [1.807, 2.05) is 0 Å². The molecule has 2 fully saturated rings. The molecule has 0 bridgehead atoms. The molecule has 0 aromatic carbocycles. The molecule has 1 unspecified atom stereocenters. The van der Waals surface area contributed by atoms with Crippen molar-refractivity contribution >= 4 is 29.9 Å². The third-order valence-corrected chi connectivity index (χ3v) is 3.68. The van der Waals surface area contributed by atoms with Crippen LogP contribution in [0.3, 0.4) is 0 Å². The first-order valence-electron chi connectivity index (χ1n) is 7.42. The lowest BCUT2D eigenvalue weighted by atomic mass is 9.97. The maximum Gasteiger partial charge on any atom is 0.188 e. The Bertz CT molecular complexity index is 289. The van der Waals surface area contributed by atoms with E-state index in [4.69, 9.17) is 5.73 Å². The summed E-state index contributed by atoms with van der Waals surface area (Å²) in [5, 5.41) is 3.25. The summed E-state index contributed by atoms with van der Waals surface area (Å²) in [6.45, 7) is 9.14. The van der Waals surface area contributed by atoms with Gasteiger partial charge in [-0.2, -0.15) is 0 Å². The maximum absolute atomic E-state index is 5.87. The number of guanidine groups is 1. The molecular weight excluding hydrogens is 351 g/mol. The van der Waals surface area contributed by atoms with Gasteiger partial charge in [-0.25, -0.2) is 0 Å². The van der Waals surface area contributed by atoms with Crippen LogP contribution in [-0.4, -0.2) is 43.1 Å². The first kappa shape index (κ1) is 17.0. The lowest BCUT2D eigenvalue weighted by molar-refractivity contribution is 0.162. The summed E-state index contributed by atoms with van der Waals surface area (Å²) in [6, 6.07) is 0.609. The van der Waals surface area contributed by atoms with Crippen LogP contribution in [0.25, 0.3) is 0 Å². The van der Waals surface area contributed by atoms with Crippen LogP contribution in [-0.2, 0) is 0 Å². The molecule has 5 heteroatoms. The van der Waals surface area contributed by atoms with Crippen molar-refractivity contribution in [1.29, 1.82) is 0 Å². The Labute approximate surface area is 134 Å². The van der Waals surface area contributed by atoms with E-state index in [0.717, 1.165) is 12.5 Å². The number of nitrogens with one attached hydrogen (secondary N) is 1. The minimum absolute atomic E-state index is 0. The van der Waals surface area contributed by atoms with Crippen LogP contribution < -0.4 is 11.1 Å². The number of halogens is 1. The van der Waals surface area contributed by atoms with Crippen LogP contribution in [0.15, 0.2) is 4.99 Å². The van der Waals surface area contributed by atoms with E-state index in [-0.39, 0.29) is 24.0 Å². The lowest BCUT2D eigenvalue weighted by Crippen LogP contribution is -2.39. The highest BCUT2D eigenvalue weighted by Crippen LogP contribution is 2.19. The normalized spacial score (nSPS) is 25.2. The van der Waals surface area contributed by atoms with Gasteiger partial charge < -0.3 is 16.0 Å². The fourth-order valence-electron chi connectivity index (χ4n) is 2.69. The Balaban J connectivity index is 0.00000180. The second-order valence-corrected chi connectivity index (χ2v) is 6.31. The van der Waals surface area contributed by atoms with E-state index in [9.17, 15) is 0 Å². The molecule has 19 heavy (non-hydrogen) atoms. The highest BCUT2D eigenvalue weighted by molar-refractivity contribution is 14.0. The largest absolute Gasteiger partial charge is 0.370 e. The number of hydrogen-bond donors (Lipinski definition) is 2. The molecule has 1 saturated heterocycles. The summed E-state index contributed by atoms with van der Waals surface area (Å²) in [4.78, 5) is 7.08. The summed E-state index contributed by atoms with van der Waals surface area (Å²) in [5.41, 5.74) is 5.87. The molecule has 1 saturated carbocycles. The van der Waals surface area contributed by atoms with Gasteiger partial charge in [0, 0.05) is 25.7 Å². The monoisotopic (exact) mass is 380 g/mol. The molecule has 2 rings (SSSR count). The van der Waals surface area contributed by atoms with E-state index < -0.39 is 0 Å². The van der Waals surface area contributed by atoms with Crippen molar-refractivity contribution in [2.45, 2.75) is 45.6 Å². The van der Waals surface area contributed by atoms with E-state index in [0.29, 0.717) is 17.9 Å². The Hall–Kier alpha value is -0.0400. The second-order valence-electron chi connectivity index (χ2n) is 6.31. The average molecular weight is 380 g/mol. The van der Waals surface area contributed by atoms with Crippen molar-refractivity contribution < 1.29 is 0 Å². The van der Waals surface area contributed by atoms with Crippen molar-refractivity contribution in [2.75, 3.05) is 26.2 Å². The molecule has 1 heterocycles. The van der Waals surface area contributed by atoms with Crippen molar-refractivity contribution in [2.24, 2.45) is 22.6 Å². The summed E-state index contributed by atoms with van der Waals surface area (Å²) in [6.07, 6.45) is 5.11. The summed E-state index contributed by atoms with van der Waals surface area (Å²) in [5.74, 6) is 2.10. The number of piperidine rings is 1. The van der Waals surface area contributed by atoms with Gasteiger partial charge in [0.25, 0.3) is 0 Å².